The Morgan fingerprint density at radius 2 is 2.32 bits per heavy atom. The molecule has 0 amide bonds. The molecule has 0 aromatic heterocycles. The monoisotopic (exact) mass is 265 g/mol. The van der Waals surface area contributed by atoms with Crippen molar-refractivity contribution in [2.24, 2.45) is 0 Å². The van der Waals surface area contributed by atoms with Crippen molar-refractivity contribution in [2.75, 3.05) is 26.9 Å². The molecule has 0 bridgehead atoms. The summed E-state index contributed by atoms with van der Waals surface area (Å²) in [7, 11) is 1.49. The summed E-state index contributed by atoms with van der Waals surface area (Å²) in [5, 5.41) is 3.51. The smallest absolute Gasteiger partial charge is 0.165 e. The normalized spacial score (nSPS) is 25.1. The first kappa shape index (κ1) is 12.9. The second-order valence-electron chi connectivity index (χ2n) is 5.62. The lowest BCUT2D eigenvalue weighted by Gasteiger charge is -2.43. The summed E-state index contributed by atoms with van der Waals surface area (Å²) in [4.78, 5) is 0. The van der Waals surface area contributed by atoms with E-state index in [1.807, 2.05) is 6.07 Å². The van der Waals surface area contributed by atoms with Gasteiger partial charge in [0, 0.05) is 11.5 Å². The van der Waals surface area contributed by atoms with Gasteiger partial charge in [-0.15, -0.1) is 0 Å². The maximum Gasteiger partial charge on any atom is 0.165 e. The van der Waals surface area contributed by atoms with E-state index in [0.29, 0.717) is 25.0 Å². The Balaban J connectivity index is 1.82. The van der Waals surface area contributed by atoms with Crippen molar-refractivity contribution in [2.45, 2.75) is 30.7 Å². The average Bonchev–Trinajstić information content (AvgIpc) is 2.86. The second-order valence-corrected chi connectivity index (χ2v) is 5.62. The number of ether oxygens (including phenoxy) is 2. The third kappa shape index (κ3) is 2.35. The van der Waals surface area contributed by atoms with Crippen LogP contribution < -0.4 is 10.1 Å². The molecule has 1 aromatic rings. The minimum atomic E-state index is -0.286. The molecule has 2 aliphatic rings. The number of benzene rings is 1. The van der Waals surface area contributed by atoms with E-state index in [9.17, 15) is 4.39 Å². The predicted molar refractivity (Wildman–Crippen MR) is 71.1 cm³/mol. The van der Waals surface area contributed by atoms with Gasteiger partial charge in [-0.1, -0.05) is 6.07 Å². The first-order valence-corrected chi connectivity index (χ1v) is 6.89. The summed E-state index contributed by atoms with van der Waals surface area (Å²) < 4.78 is 24.3. The van der Waals surface area contributed by atoms with Crippen molar-refractivity contribution in [1.82, 2.24) is 5.32 Å². The van der Waals surface area contributed by atoms with Crippen LogP contribution in [0.5, 0.6) is 5.75 Å². The summed E-state index contributed by atoms with van der Waals surface area (Å²) in [6, 6.07) is 5.83. The molecular weight excluding hydrogens is 245 g/mol. The fourth-order valence-corrected chi connectivity index (χ4v) is 3.15. The zero-order chi connectivity index (χ0) is 13.3. The van der Waals surface area contributed by atoms with Gasteiger partial charge in [0.1, 0.15) is 0 Å². The SMILES string of the molecule is COc1ccc(C2(CC3CCCN3)COC2)cc1F. The van der Waals surface area contributed by atoms with Crippen LogP contribution in [0.25, 0.3) is 0 Å². The van der Waals surface area contributed by atoms with E-state index in [4.69, 9.17) is 9.47 Å². The Morgan fingerprint density at radius 1 is 1.47 bits per heavy atom. The van der Waals surface area contributed by atoms with Gasteiger partial charge in [0.15, 0.2) is 11.6 Å². The maximum atomic E-state index is 13.9. The number of halogens is 1. The van der Waals surface area contributed by atoms with Crippen LogP contribution in [-0.4, -0.2) is 32.9 Å². The molecule has 104 valence electrons. The Hall–Kier alpha value is -1.13. The lowest BCUT2D eigenvalue weighted by atomic mass is 9.73. The van der Waals surface area contributed by atoms with Gasteiger partial charge in [0.05, 0.1) is 20.3 Å². The van der Waals surface area contributed by atoms with Crippen molar-refractivity contribution in [3.05, 3.63) is 29.6 Å². The fourth-order valence-electron chi connectivity index (χ4n) is 3.15. The first-order valence-electron chi connectivity index (χ1n) is 6.89. The van der Waals surface area contributed by atoms with E-state index in [-0.39, 0.29) is 11.2 Å². The van der Waals surface area contributed by atoms with Crippen LogP contribution >= 0.6 is 0 Å². The number of nitrogens with one attached hydrogen (secondary N) is 1. The Bertz CT molecular complexity index is 453. The van der Waals surface area contributed by atoms with Crippen LogP contribution in [0.1, 0.15) is 24.8 Å². The molecule has 0 radical (unpaired) electrons. The Labute approximate surface area is 113 Å². The number of methoxy groups -OCH3 is 1. The molecule has 0 spiro atoms. The molecule has 1 unspecified atom stereocenters. The highest BCUT2D eigenvalue weighted by molar-refractivity contribution is 5.35. The summed E-state index contributed by atoms with van der Waals surface area (Å²) in [5.74, 6) is 0.0174. The molecule has 1 N–H and O–H groups in total. The van der Waals surface area contributed by atoms with Crippen molar-refractivity contribution in [3.8, 4) is 5.75 Å². The zero-order valence-electron chi connectivity index (χ0n) is 11.2. The largest absolute Gasteiger partial charge is 0.494 e. The average molecular weight is 265 g/mol. The molecule has 0 saturated carbocycles. The maximum absolute atomic E-state index is 13.9. The molecule has 2 saturated heterocycles. The molecule has 0 aliphatic carbocycles. The lowest BCUT2D eigenvalue weighted by molar-refractivity contribution is -0.0680. The molecule has 2 fully saturated rings. The van der Waals surface area contributed by atoms with Gasteiger partial charge >= 0.3 is 0 Å². The van der Waals surface area contributed by atoms with E-state index in [2.05, 4.69) is 5.32 Å². The molecule has 3 nitrogen and oxygen atoms in total. The highest BCUT2D eigenvalue weighted by Gasteiger charge is 2.42. The quantitative estimate of drug-likeness (QED) is 0.905. The van der Waals surface area contributed by atoms with Crippen LogP contribution in [0, 0.1) is 5.82 Å². The van der Waals surface area contributed by atoms with E-state index in [0.717, 1.165) is 18.5 Å². The molecular formula is C15H20FNO2. The van der Waals surface area contributed by atoms with Gasteiger partial charge in [-0.2, -0.15) is 0 Å². The lowest BCUT2D eigenvalue weighted by Crippen LogP contribution is -2.50. The Kier molecular flexibility index (Phi) is 3.46. The van der Waals surface area contributed by atoms with E-state index in [1.54, 1.807) is 12.1 Å². The second kappa shape index (κ2) is 5.10. The van der Waals surface area contributed by atoms with Crippen molar-refractivity contribution >= 4 is 0 Å². The number of rotatable bonds is 4. The number of hydrogen-bond donors (Lipinski definition) is 1. The first-order chi connectivity index (χ1) is 9.23. The Morgan fingerprint density at radius 3 is 2.84 bits per heavy atom. The molecule has 19 heavy (non-hydrogen) atoms. The summed E-state index contributed by atoms with van der Waals surface area (Å²) >= 11 is 0. The van der Waals surface area contributed by atoms with Gasteiger partial charge in [0.2, 0.25) is 0 Å². The highest BCUT2D eigenvalue weighted by Crippen LogP contribution is 2.39. The van der Waals surface area contributed by atoms with Crippen LogP contribution in [0.4, 0.5) is 4.39 Å². The van der Waals surface area contributed by atoms with Gasteiger partial charge in [-0.25, -0.2) is 4.39 Å². The molecule has 1 aromatic carbocycles. The molecule has 4 heteroatoms. The van der Waals surface area contributed by atoms with E-state index < -0.39 is 0 Å². The van der Waals surface area contributed by atoms with Gasteiger partial charge in [-0.3, -0.25) is 0 Å². The van der Waals surface area contributed by atoms with Crippen LogP contribution in [0.2, 0.25) is 0 Å². The van der Waals surface area contributed by atoms with E-state index in [1.165, 1.54) is 20.0 Å². The fraction of sp³-hybridized carbons (Fsp3) is 0.600. The summed E-state index contributed by atoms with van der Waals surface area (Å²) in [5.41, 5.74) is 1.01. The summed E-state index contributed by atoms with van der Waals surface area (Å²) in [6.45, 7) is 2.48. The highest BCUT2D eigenvalue weighted by atomic mass is 19.1. The standard InChI is InChI=1S/C15H20FNO2/c1-18-14-5-4-11(7-13(14)16)15(9-19-10-15)8-12-3-2-6-17-12/h4-5,7,12,17H,2-3,6,8-10H2,1H3. The van der Waals surface area contributed by atoms with Crippen molar-refractivity contribution < 1.29 is 13.9 Å². The minimum Gasteiger partial charge on any atom is -0.494 e. The molecule has 2 heterocycles. The number of hydrogen-bond acceptors (Lipinski definition) is 3. The predicted octanol–water partition coefficient (Wildman–Crippen LogP) is 2.24. The van der Waals surface area contributed by atoms with Gasteiger partial charge in [0.25, 0.3) is 0 Å². The molecule has 1 atom stereocenters. The molecule has 2 aliphatic heterocycles. The van der Waals surface area contributed by atoms with Crippen LogP contribution in [0.15, 0.2) is 18.2 Å². The third-order valence-corrected chi connectivity index (χ3v) is 4.32. The van der Waals surface area contributed by atoms with Crippen molar-refractivity contribution in [1.29, 1.82) is 0 Å². The van der Waals surface area contributed by atoms with Crippen LogP contribution in [0.3, 0.4) is 0 Å². The van der Waals surface area contributed by atoms with E-state index >= 15 is 0 Å². The van der Waals surface area contributed by atoms with Gasteiger partial charge in [-0.05, 0) is 43.5 Å². The minimum absolute atomic E-state index is 0.0187. The topological polar surface area (TPSA) is 30.5 Å². The zero-order valence-corrected chi connectivity index (χ0v) is 11.2. The third-order valence-electron chi connectivity index (χ3n) is 4.32. The van der Waals surface area contributed by atoms with Gasteiger partial charge < -0.3 is 14.8 Å². The van der Waals surface area contributed by atoms with Crippen LogP contribution in [-0.2, 0) is 10.2 Å². The molecule has 3 rings (SSSR count). The summed E-state index contributed by atoms with van der Waals surface area (Å²) in [6.07, 6.45) is 3.47. The van der Waals surface area contributed by atoms with Crippen molar-refractivity contribution in [3.63, 3.8) is 0 Å².